The second-order valence-corrected chi connectivity index (χ2v) is 6.05. The maximum atomic E-state index is 13.1. The first-order valence-electron chi connectivity index (χ1n) is 7.19. The molecule has 0 unspecified atom stereocenters. The molecule has 4 nitrogen and oxygen atoms in total. The molecule has 0 radical (unpaired) electrons. The van der Waals surface area contributed by atoms with Crippen LogP contribution < -0.4 is 5.32 Å². The zero-order valence-electron chi connectivity index (χ0n) is 13.1. The van der Waals surface area contributed by atoms with E-state index in [9.17, 15) is 18.0 Å². The van der Waals surface area contributed by atoms with Gasteiger partial charge in [0.05, 0.1) is 0 Å². The number of hydrogen-bond acceptors (Lipinski definition) is 4. The Balaban J connectivity index is 1.99. The summed E-state index contributed by atoms with van der Waals surface area (Å²) in [5, 5.41) is 2.63. The first kappa shape index (κ1) is 18.3. The lowest BCUT2D eigenvalue weighted by atomic mass is 10.1. The molecule has 0 atom stereocenters. The molecular weight excluding hydrogens is 339 g/mol. The zero-order valence-corrected chi connectivity index (χ0v) is 14.0. The predicted octanol–water partition coefficient (Wildman–Crippen LogP) is 4.12. The summed E-state index contributed by atoms with van der Waals surface area (Å²) in [6.45, 7) is 3.40. The summed E-state index contributed by atoms with van der Waals surface area (Å²) < 4.78 is 37.8. The van der Waals surface area contributed by atoms with Crippen LogP contribution in [0.15, 0.2) is 29.4 Å². The molecule has 1 N–H and O–H groups in total. The number of halogens is 3. The van der Waals surface area contributed by atoms with Gasteiger partial charge in [-0.1, -0.05) is 6.07 Å². The number of nitrogens with one attached hydrogen (secondary N) is 1. The number of rotatable bonds is 6. The molecule has 0 fully saturated rings. The van der Waals surface area contributed by atoms with Gasteiger partial charge in [0.1, 0.15) is 5.82 Å². The van der Waals surface area contributed by atoms with Crippen molar-refractivity contribution in [3.8, 4) is 0 Å². The lowest BCUT2D eigenvalue weighted by Crippen LogP contribution is -2.14. The summed E-state index contributed by atoms with van der Waals surface area (Å²) in [6.07, 6.45) is 0.529. The lowest BCUT2D eigenvalue weighted by molar-refractivity contribution is -0.116. The number of hydrogen-bond donors (Lipinski definition) is 1. The number of benzene rings is 1. The second-order valence-electron chi connectivity index (χ2n) is 5.09. The zero-order chi connectivity index (χ0) is 17.7. The Morgan fingerprint density at radius 3 is 2.50 bits per heavy atom. The molecule has 0 aliphatic heterocycles. The van der Waals surface area contributed by atoms with E-state index in [1.165, 1.54) is 18.2 Å². The molecule has 1 heterocycles. The van der Waals surface area contributed by atoms with Gasteiger partial charge < -0.3 is 5.32 Å². The highest BCUT2D eigenvalue weighted by molar-refractivity contribution is 7.99. The van der Waals surface area contributed by atoms with Crippen molar-refractivity contribution in [3.05, 3.63) is 47.0 Å². The molecule has 2 rings (SSSR count). The van der Waals surface area contributed by atoms with Crippen LogP contribution >= 0.6 is 11.8 Å². The number of anilines is 1. The van der Waals surface area contributed by atoms with E-state index >= 15 is 0 Å². The van der Waals surface area contributed by atoms with Crippen LogP contribution in [0.5, 0.6) is 0 Å². The van der Waals surface area contributed by atoms with Gasteiger partial charge in [0.2, 0.25) is 5.91 Å². The van der Waals surface area contributed by atoms with Gasteiger partial charge in [-0.25, -0.2) is 14.4 Å². The van der Waals surface area contributed by atoms with Gasteiger partial charge in [0, 0.05) is 23.5 Å². The van der Waals surface area contributed by atoms with E-state index in [0.29, 0.717) is 35.3 Å². The van der Waals surface area contributed by atoms with Crippen LogP contribution in [0, 0.1) is 19.7 Å². The van der Waals surface area contributed by atoms with Crippen molar-refractivity contribution >= 4 is 23.4 Å². The Labute approximate surface area is 141 Å². The van der Waals surface area contributed by atoms with E-state index in [-0.39, 0.29) is 17.5 Å². The average molecular weight is 355 g/mol. The number of nitrogens with zero attached hydrogens (tertiary/aromatic N) is 2. The average Bonchev–Trinajstić information content (AvgIpc) is 2.45. The maximum absolute atomic E-state index is 13.1. The van der Waals surface area contributed by atoms with Crippen LogP contribution in [0.25, 0.3) is 0 Å². The minimum absolute atomic E-state index is 0.0213. The Hall–Kier alpha value is -2.09. The molecule has 128 valence electrons. The summed E-state index contributed by atoms with van der Waals surface area (Å²) >= 11 is 0.293. The van der Waals surface area contributed by atoms with Gasteiger partial charge in [-0.05, 0) is 55.8 Å². The number of aryl methyl sites for hydroxylation is 2. The molecule has 0 saturated carbocycles. The largest absolute Gasteiger partial charge is 0.326 e. The molecule has 1 amide bonds. The molecule has 0 spiro atoms. The van der Waals surface area contributed by atoms with Gasteiger partial charge in [-0.15, -0.1) is 0 Å². The van der Waals surface area contributed by atoms with Crippen molar-refractivity contribution in [1.29, 1.82) is 0 Å². The minimum atomic E-state index is -2.58. The summed E-state index contributed by atoms with van der Waals surface area (Å²) in [4.78, 5) is 20.0. The van der Waals surface area contributed by atoms with Crippen LogP contribution in [0.4, 0.5) is 18.9 Å². The van der Waals surface area contributed by atoms with Gasteiger partial charge in [-0.2, -0.15) is 8.78 Å². The van der Waals surface area contributed by atoms with Gasteiger partial charge in [0.25, 0.3) is 5.76 Å². The highest BCUT2D eigenvalue weighted by atomic mass is 32.2. The van der Waals surface area contributed by atoms with Crippen LogP contribution in [-0.4, -0.2) is 21.6 Å². The molecule has 0 aliphatic rings. The standard InChI is InChI=1S/C16H16F3N3OS/c1-9-13(10(2)21-16(20-9)24-15(18)19)6-7-14(23)22-12-5-3-4-11(17)8-12/h3-5,8,15H,6-7H2,1-2H3,(H,22,23). The fourth-order valence-electron chi connectivity index (χ4n) is 2.23. The number of alkyl halides is 2. The monoisotopic (exact) mass is 355 g/mol. The second kappa shape index (κ2) is 8.14. The predicted molar refractivity (Wildman–Crippen MR) is 86.7 cm³/mol. The van der Waals surface area contributed by atoms with Gasteiger partial charge in [0.15, 0.2) is 5.16 Å². The molecule has 0 saturated heterocycles. The Bertz CT molecular complexity index is 717. The topological polar surface area (TPSA) is 54.9 Å². The molecule has 0 bridgehead atoms. The van der Waals surface area contributed by atoms with Crippen LogP contribution in [-0.2, 0) is 11.2 Å². The van der Waals surface area contributed by atoms with Crippen LogP contribution in [0.2, 0.25) is 0 Å². The molecule has 1 aromatic heterocycles. The van der Waals surface area contributed by atoms with Crippen molar-refractivity contribution in [2.24, 2.45) is 0 Å². The summed E-state index contributed by atoms with van der Waals surface area (Å²) in [5.41, 5.74) is 2.28. The first-order valence-corrected chi connectivity index (χ1v) is 8.07. The van der Waals surface area contributed by atoms with Crippen molar-refractivity contribution < 1.29 is 18.0 Å². The molecule has 2 aromatic rings. The summed E-state index contributed by atoms with van der Waals surface area (Å²) in [5.74, 6) is -3.28. The normalized spacial score (nSPS) is 10.9. The van der Waals surface area contributed by atoms with Crippen molar-refractivity contribution in [2.75, 3.05) is 5.32 Å². The molecule has 24 heavy (non-hydrogen) atoms. The Morgan fingerprint density at radius 1 is 1.25 bits per heavy atom. The van der Waals surface area contributed by atoms with E-state index < -0.39 is 11.6 Å². The van der Waals surface area contributed by atoms with E-state index in [2.05, 4.69) is 15.3 Å². The molecule has 1 aromatic carbocycles. The SMILES string of the molecule is Cc1nc(SC(F)F)nc(C)c1CCC(=O)Nc1cccc(F)c1. The van der Waals surface area contributed by atoms with Gasteiger partial charge in [-0.3, -0.25) is 4.79 Å². The smallest absolute Gasteiger partial charge is 0.291 e. The molecular formula is C16H16F3N3OS. The van der Waals surface area contributed by atoms with E-state index in [1.807, 2.05) is 0 Å². The third kappa shape index (κ3) is 5.23. The number of carbonyl (C=O) groups excluding carboxylic acids is 1. The van der Waals surface area contributed by atoms with Crippen molar-refractivity contribution in [2.45, 2.75) is 37.6 Å². The Morgan fingerprint density at radius 2 is 1.92 bits per heavy atom. The van der Waals surface area contributed by atoms with Crippen LogP contribution in [0.3, 0.4) is 0 Å². The van der Waals surface area contributed by atoms with Crippen LogP contribution in [0.1, 0.15) is 23.4 Å². The van der Waals surface area contributed by atoms with Gasteiger partial charge >= 0.3 is 0 Å². The van der Waals surface area contributed by atoms with Crippen molar-refractivity contribution in [1.82, 2.24) is 9.97 Å². The molecule has 8 heteroatoms. The van der Waals surface area contributed by atoms with E-state index in [4.69, 9.17) is 0 Å². The maximum Gasteiger partial charge on any atom is 0.291 e. The fourth-order valence-corrected chi connectivity index (χ4v) is 2.77. The number of thioether (sulfide) groups is 1. The third-order valence-electron chi connectivity index (χ3n) is 3.31. The number of aromatic nitrogens is 2. The number of amides is 1. The minimum Gasteiger partial charge on any atom is -0.326 e. The Kier molecular flexibility index (Phi) is 6.19. The fraction of sp³-hybridized carbons (Fsp3) is 0.312. The highest BCUT2D eigenvalue weighted by Crippen LogP contribution is 2.24. The quantitative estimate of drug-likeness (QED) is 0.626. The van der Waals surface area contributed by atoms with E-state index in [1.54, 1.807) is 19.9 Å². The highest BCUT2D eigenvalue weighted by Gasteiger charge is 2.14. The summed E-state index contributed by atoms with van der Waals surface area (Å²) in [6, 6.07) is 5.62. The van der Waals surface area contributed by atoms with Crippen molar-refractivity contribution in [3.63, 3.8) is 0 Å². The third-order valence-corrected chi connectivity index (χ3v) is 3.88. The first-order chi connectivity index (χ1) is 11.3. The lowest BCUT2D eigenvalue weighted by Gasteiger charge is -2.11. The molecule has 0 aliphatic carbocycles. The van der Waals surface area contributed by atoms with E-state index in [0.717, 1.165) is 5.56 Å². The summed E-state index contributed by atoms with van der Waals surface area (Å²) in [7, 11) is 0. The number of carbonyl (C=O) groups is 1.